The van der Waals surface area contributed by atoms with Crippen LogP contribution in [-0.2, 0) is 0 Å². The molecule has 0 radical (unpaired) electrons. The molecule has 23 heavy (non-hydrogen) atoms. The molecule has 0 saturated heterocycles. The number of rotatable bonds is 3. The Morgan fingerprint density at radius 3 is 1.96 bits per heavy atom. The molecule has 0 aliphatic heterocycles. The Bertz CT molecular complexity index is 864. The zero-order chi connectivity index (χ0) is 16.4. The quantitative estimate of drug-likeness (QED) is 0.504. The van der Waals surface area contributed by atoms with Gasteiger partial charge >= 0.3 is 0 Å². The van der Waals surface area contributed by atoms with E-state index in [4.69, 9.17) is 0 Å². The van der Waals surface area contributed by atoms with Crippen LogP contribution in [0.25, 0.3) is 22.3 Å². The van der Waals surface area contributed by atoms with Gasteiger partial charge in [-0.2, -0.15) is 0 Å². The molecule has 3 aromatic rings. The summed E-state index contributed by atoms with van der Waals surface area (Å²) in [6, 6.07) is 20.4. The Labute approximate surface area is 145 Å². The van der Waals surface area contributed by atoms with Crippen LogP contribution in [0.5, 0.6) is 0 Å². The number of hydrogen-bond acceptors (Lipinski definition) is 1. The van der Waals surface area contributed by atoms with Gasteiger partial charge < -0.3 is 0 Å². The average molecular weight is 365 g/mol. The summed E-state index contributed by atoms with van der Waals surface area (Å²) >= 11 is 3.61. The maximum absolute atomic E-state index is 10.8. The van der Waals surface area contributed by atoms with Gasteiger partial charge in [-0.3, -0.25) is 4.79 Å². The summed E-state index contributed by atoms with van der Waals surface area (Å²) < 4.78 is 1.12. The van der Waals surface area contributed by atoms with Gasteiger partial charge in [-0.1, -0.05) is 70.5 Å². The van der Waals surface area contributed by atoms with Gasteiger partial charge in [0.05, 0.1) is 0 Å². The van der Waals surface area contributed by atoms with Crippen molar-refractivity contribution in [3.63, 3.8) is 0 Å². The van der Waals surface area contributed by atoms with E-state index in [9.17, 15) is 4.79 Å². The van der Waals surface area contributed by atoms with E-state index in [1.54, 1.807) is 0 Å². The number of hydrogen-bond donors (Lipinski definition) is 0. The van der Waals surface area contributed by atoms with Gasteiger partial charge in [0.25, 0.3) is 0 Å². The number of aldehydes is 1. The predicted molar refractivity (Wildman–Crippen MR) is 99.9 cm³/mol. The molecule has 3 aromatic carbocycles. The molecule has 0 aromatic heterocycles. The highest BCUT2D eigenvalue weighted by Crippen LogP contribution is 2.35. The third-order valence-corrected chi connectivity index (χ3v) is 5.11. The Morgan fingerprint density at radius 1 is 0.739 bits per heavy atom. The average Bonchev–Trinajstić information content (AvgIpc) is 2.58. The first-order chi connectivity index (χ1) is 11.1. The van der Waals surface area contributed by atoms with Gasteiger partial charge in [0.1, 0.15) is 6.29 Å². The molecular weight excluding hydrogens is 348 g/mol. The summed E-state index contributed by atoms with van der Waals surface area (Å²) in [6.07, 6.45) is 0.873. The second kappa shape index (κ2) is 6.51. The van der Waals surface area contributed by atoms with Gasteiger partial charge in [0.15, 0.2) is 0 Å². The molecule has 3 rings (SSSR count). The van der Waals surface area contributed by atoms with Crippen molar-refractivity contribution in [2.24, 2.45) is 0 Å². The lowest BCUT2D eigenvalue weighted by Gasteiger charge is -2.14. The third kappa shape index (κ3) is 2.99. The van der Waals surface area contributed by atoms with Gasteiger partial charge in [-0.15, -0.1) is 0 Å². The van der Waals surface area contributed by atoms with Crippen molar-refractivity contribution in [1.29, 1.82) is 0 Å². The van der Waals surface area contributed by atoms with Gasteiger partial charge in [-0.25, -0.2) is 0 Å². The van der Waals surface area contributed by atoms with Crippen LogP contribution in [0.4, 0.5) is 0 Å². The zero-order valence-corrected chi connectivity index (χ0v) is 14.7. The van der Waals surface area contributed by atoms with E-state index in [1.807, 2.05) is 24.3 Å². The second-order valence-corrected chi connectivity index (χ2v) is 6.48. The third-order valence-electron chi connectivity index (χ3n) is 4.25. The normalized spacial score (nSPS) is 10.6. The van der Waals surface area contributed by atoms with Crippen LogP contribution in [0.15, 0.2) is 65.1 Å². The second-order valence-electron chi connectivity index (χ2n) is 5.63. The molecule has 0 unspecified atom stereocenters. The summed E-state index contributed by atoms with van der Waals surface area (Å²) in [7, 11) is 0. The first-order valence-electron chi connectivity index (χ1n) is 7.52. The number of carbonyl (C=O) groups is 1. The molecule has 0 amide bonds. The van der Waals surface area contributed by atoms with Gasteiger partial charge in [0.2, 0.25) is 0 Å². The van der Waals surface area contributed by atoms with E-state index in [0.29, 0.717) is 5.56 Å². The first-order valence-corrected chi connectivity index (χ1v) is 8.32. The minimum absolute atomic E-state index is 0.699. The number of benzene rings is 3. The summed E-state index contributed by atoms with van der Waals surface area (Å²) in [4.78, 5) is 10.8. The van der Waals surface area contributed by atoms with E-state index in [2.05, 4.69) is 66.2 Å². The molecule has 0 aliphatic rings. The Balaban J connectivity index is 2.14. The molecule has 0 heterocycles. The monoisotopic (exact) mass is 364 g/mol. The molecule has 0 saturated carbocycles. The molecule has 0 aliphatic carbocycles. The Kier molecular flexibility index (Phi) is 4.44. The van der Waals surface area contributed by atoms with Crippen molar-refractivity contribution >= 4 is 22.2 Å². The van der Waals surface area contributed by atoms with Crippen LogP contribution in [0.3, 0.4) is 0 Å². The zero-order valence-electron chi connectivity index (χ0n) is 13.1. The van der Waals surface area contributed by atoms with Crippen molar-refractivity contribution in [2.75, 3.05) is 0 Å². The highest BCUT2D eigenvalue weighted by atomic mass is 79.9. The number of carbonyl (C=O) groups excluding carboxylic acids is 1. The predicted octanol–water partition coefficient (Wildman–Crippen LogP) is 6.21. The SMILES string of the molecule is Cc1c(Br)cccc1-c1cccc(-c2ccc(C=O)cc2)c1C. The molecular formula is C21H17BrO. The lowest BCUT2D eigenvalue weighted by atomic mass is 9.91. The summed E-state index contributed by atoms with van der Waals surface area (Å²) in [5, 5.41) is 0. The van der Waals surface area contributed by atoms with Crippen molar-refractivity contribution in [3.05, 3.63) is 81.8 Å². The highest BCUT2D eigenvalue weighted by Gasteiger charge is 2.11. The molecule has 0 N–H and O–H groups in total. The summed E-state index contributed by atoms with van der Waals surface area (Å²) in [6.45, 7) is 4.28. The fraction of sp³-hybridized carbons (Fsp3) is 0.0952. The van der Waals surface area contributed by atoms with Gasteiger partial charge in [-0.05, 0) is 53.3 Å². The van der Waals surface area contributed by atoms with E-state index < -0.39 is 0 Å². The van der Waals surface area contributed by atoms with Crippen molar-refractivity contribution in [2.45, 2.75) is 13.8 Å². The molecule has 0 bridgehead atoms. The van der Waals surface area contributed by atoms with Crippen LogP contribution >= 0.6 is 15.9 Å². The molecule has 0 fully saturated rings. The lowest BCUT2D eigenvalue weighted by Crippen LogP contribution is -1.91. The molecule has 114 valence electrons. The molecule has 0 spiro atoms. The molecule has 2 heteroatoms. The van der Waals surface area contributed by atoms with Gasteiger partial charge in [0, 0.05) is 10.0 Å². The van der Waals surface area contributed by atoms with E-state index >= 15 is 0 Å². The van der Waals surface area contributed by atoms with Crippen LogP contribution in [0, 0.1) is 13.8 Å². The summed E-state index contributed by atoms with van der Waals surface area (Å²) in [5.74, 6) is 0. The Morgan fingerprint density at radius 2 is 1.30 bits per heavy atom. The highest BCUT2D eigenvalue weighted by molar-refractivity contribution is 9.10. The van der Waals surface area contributed by atoms with Crippen LogP contribution in [-0.4, -0.2) is 6.29 Å². The Hall–Kier alpha value is -2.19. The van der Waals surface area contributed by atoms with Crippen LogP contribution in [0.2, 0.25) is 0 Å². The lowest BCUT2D eigenvalue weighted by molar-refractivity contribution is 0.112. The maximum atomic E-state index is 10.8. The topological polar surface area (TPSA) is 17.1 Å². The van der Waals surface area contributed by atoms with Crippen molar-refractivity contribution < 1.29 is 4.79 Å². The largest absolute Gasteiger partial charge is 0.298 e. The maximum Gasteiger partial charge on any atom is 0.150 e. The van der Waals surface area contributed by atoms with E-state index in [-0.39, 0.29) is 0 Å². The molecule has 0 atom stereocenters. The fourth-order valence-electron chi connectivity index (χ4n) is 2.88. The van der Waals surface area contributed by atoms with Crippen molar-refractivity contribution in [1.82, 2.24) is 0 Å². The van der Waals surface area contributed by atoms with E-state index in [0.717, 1.165) is 16.3 Å². The minimum atomic E-state index is 0.699. The summed E-state index contributed by atoms with van der Waals surface area (Å²) in [5.41, 5.74) is 7.98. The van der Waals surface area contributed by atoms with Crippen LogP contribution in [0.1, 0.15) is 21.5 Å². The number of halogens is 1. The fourth-order valence-corrected chi connectivity index (χ4v) is 3.25. The molecule has 1 nitrogen and oxygen atoms in total. The smallest absolute Gasteiger partial charge is 0.150 e. The van der Waals surface area contributed by atoms with E-state index in [1.165, 1.54) is 27.8 Å². The minimum Gasteiger partial charge on any atom is -0.298 e. The van der Waals surface area contributed by atoms with Crippen molar-refractivity contribution in [3.8, 4) is 22.3 Å². The standard InChI is InChI=1S/C21H17BrO/c1-14-18(17-11-9-16(13-23)10-12-17)5-3-6-19(14)20-7-4-8-21(22)15(20)2/h3-13H,1-2H3. The van der Waals surface area contributed by atoms with Crippen LogP contribution < -0.4 is 0 Å². The first kappa shape index (κ1) is 15.7.